The van der Waals surface area contributed by atoms with Gasteiger partial charge in [-0.15, -0.1) is 11.8 Å². The molecule has 0 aliphatic carbocycles. The summed E-state index contributed by atoms with van der Waals surface area (Å²) in [7, 11) is 0. The molecular formula is C12H14N2O3S. The predicted molar refractivity (Wildman–Crippen MR) is 68.8 cm³/mol. The van der Waals surface area contributed by atoms with E-state index in [1.807, 2.05) is 5.41 Å². The van der Waals surface area contributed by atoms with Gasteiger partial charge in [-0.1, -0.05) is 6.07 Å². The Balaban J connectivity index is 2.18. The Morgan fingerprint density at radius 2 is 2.50 bits per heavy atom. The summed E-state index contributed by atoms with van der Waals surface area (Å²) < 4.78 is 4.87. The Morgan fingerprint density at radius 3 is 3.17 bits per heavy atom. The number of hydrogen-bond donors (Lipinski definition) is 2. The molecule has 1 aromatic heterocycles. The zero-order valence-corrected chi connectivity index (χ0v) is 10.7. The Bertz CT molecular complexity index is 476. The third kappa shape index (κ3) is 2.83. The van der Waals surface area contributed by atoms with Crippen LogP contribution in [0.5, 0.6) is 0 Å². The number of carbonyl (C=O) groups is 1. The van der Waals surface area contributed by atoms with E-state index in [2.05, 4.69) is 10.3 Å². The second-order valence-electron chi connectivity index (χ2n) is 3.63. The molecule has 0 saturated carbocycles. The molecular weight excluding hydrogens is 252 g/mol. The predicted octanol–water partition coefficient (Wildman–Crippen LogP) is 1.43. The largest absolute Gasteiger partial charge is 0.461 e. The van der Waals surface area contributed by atoms with Crippen LogP contribution in [0.3, 0.4) is 0 Å². The molecule has 1 aliphatic rings. The number of esters is 1. The van der Waals surface area contributed by atoms with Crippen molar-refractivity contribution in [2.24, 2.45) is 0 Å². The first kappa shape index (κ1) is 12.9. The van der Waals surface area contributed by atoms with E-state index in [1.54, 1.807) is 36.9 Å². The lowest BCUT2D eigenvalue weighted by molar-refractivity contribution is 0.0518. The minimum atomic E-state index is -0.839. The van der Waals surface area contributed by atoms with Crippen molar-refractivity contribution in [3.05, 3.63) is 40.7 Å². The van der Waals surface area contributed by atoms with Crippen LogP contribution in [-0.4, -0.2) is 28.5 Å². The summed E-state index contributed by atoms with van der Waals surface area (Å²) in [5, 5.41) is 15.0. The first-order valence-electron chi connectivity index (χ1n) is 5.60. The number of carbonyl (C=O) groups excluding carboxylic acids is 1. The molecule has 5 nitrogen and oxygen atoms in total. The first-order valence-corrected chi connectivity index (χ1v) is 6.65. The Kier molecular flexibility index (Phi) is 4.22. The van der Waals surface area contributed by atoms with Gasteiger partial charge in [0.1, 0.15) is 11.8 Å². The summed E-state index contributed by atoms with van der Waals surface area (Å²) in [5.41, 5.74) is 1.34. The molecule has 0 bridgehead atoms. The van der Waals surface area contributed by atoms with E-state index < -0.39 is 12.1 Å². The highest BCUT2D eigenvalue weighted by molar-refractivity contribution is 8.02. The van der Waals surface area contributed by atoms with Crippen molar-refractivity contribution < 1.29 is 14.6 Å². The Labute approximate surface area is 109 Å². The van der Waals surface area contributed by atoms with Crippen molar-refractivity contribution in [2.75, 3.05) is 12.5 Å². The van der Waals surface area contributed by atoms with Gasteiger partial charge in [-0.25, -0.2) is 9.78 Å². The average Bonchev–Trinajstić information content (AvgIpc) is 2.92. The van der Waals surface area contributed by atoms with Crippen LogP contribution in [0.4, 0.5) is 0 Å². The summed E-state index contributed by atoms with van der Waals surface area (Å²) in [6.07, 6.45) is -0.839. The zero-order valence-electron chi connectivity index (χ0n) is 9.92. The van der Waals surface area contributed by atoms with Gasteiger partial charge in [-0.3, -0.25) is 0 Å². The number of thioether (sulfide) groups is 1. The maximum absolute atomic E-state index is 11.5. The molecule has 2 N–H and O–H groups in total. The smallest absolute Gasteiger partial charge is 0.356 e. The highest BCUT2D eigenvalue weighted by atomic mass is 32.2. The zero-order chi connectivity index (χ0) is 13.0. The van der Waals surface area contributed by atoms with Crippen molar-refractivity contribution >= 4 is 17.7 Å². The number of aliphatic hydroxyl groups is 1. The van der Waals surface area contributed by atoms with Gasteiger partial charge in [0.05, 0.1) is 23.9 Å². The van der Waals surface area contributed by atoms with Crippen LogP contribution in [0, 0.1) is 0 Å². The molecule has 0 amide bonds. The van der Waals surface area contributed by atoms with E-state index in [4.69, 9.17) is 4.74 Å². The second-order valence-corrected chi connectivity index (χ2v) is 4.49. The molecule has 0 fully saturated rings. The monoisotopic (exact) mass is 266 g/mol. The van der Waals surface area contributed by atoms with Gasteiger partial charge < -0.3 is 15.2 Å². The first-order chi connectivity index (χ1) is 8.72. The maximum atomic E-state index is 11.5. The average molecular weight is 266 g/mol. The van der Waals surface area contributed by atoms with Crippen molar-refractivity contribution in [3.63, 3.8) is 0 Å². The lowest BCUT2D eigenvalue weighted by atomic mass is 10.1. The van der Waals surface area contributed by atoms with Gasteiger partial charge in [0.2, 0.25) is 0 Å². The number of rotatable bonds is 4. The minimum absolute atomic E-state index is 0.208. The number of nitrogens with zero attached hydrogens (tertiary/aromatic N) is 1. The quantitative estimate of drug-likeness (QED) is 0.803. The van der Waals surface area contributed by atoms with Crippen molar-refractivity contribution in [1.82, 2.24) is 10.3 Å². The second kappa shape index (κ2) is 5.88. The van der Waals surface area contributed by atoms with Gasteiger partial charge in [0, 0.05) is 0 Å². The molecule has 1 unspecified atom stereocenters. The minimum Gasteiger partial charge on any atom is -0.461 e. The fourth-order valence-corrected chi connectivity index (χ4v) is 2.27. The number of ether oxygens (including phenoxy) is 1. The fourth-order valence-electron chi connectivity index (χ4n) is 1.54. The number of pyridine rings is 1. The Hall–Kier alpha value is -1.53. The van der Waals surface area contributed by atoms with E-state index in [0.717, 1.165) is 5.88 Å². The van der Waals surface area contributed by atoms with E-state index in [0.29, 0.717) is 18.0 Å². The van der Waals surface area contributed by atoms with Gasteiger partial charge in [-0.2, -0.15) is 0 Å². The summed E-state index contributed by atoms with van der Waals surface area (Å²) in [6, 6.07) is 4.93. The van der Waals surface area contributed by atoms with Gasteiger partial charge in [-0.05, 0) is 24.5 Å². The van der Waals surface area contributed by atoms with Gasteiger partial charge in [0.25, 0.3) is 0 Å². The Morgan fingerprint density at radius 1 is 1.67 bits per heavy atom. The molecule has 2 heterocycles. The summed E-state index contributed by atoms with van der Waals surface area (Å²) in [4.78, 5) is 15.7. The van der Waals surface area contributed by atoms with Crippen LogP contribution in [0.2, 0.25) is 0 Å². The molecule has 0 radical (unpaired) electrons. The number of aromatic nitrogens is 1. The van der Waals surface area contributed by atoms with Crippen LogP contribution in [0.1, 0.15) is 29.2 Å². The normalized spacial score (nSPS) is 15.8. The third-order valence-corrected chi connectivity index (χ3v) is 3.13. The van der Waals surface area contributed by atoms with Crippen LogP contribution in [-0.2, 0) is 4.74 Å². The summed E-state index contributed by atoms with van der Waals surface area (Å²) in [6.45, 7) is 2.04. The third-order valence-electron chi connectivity index (χ3n) is 2.40. The number of nitrogens with one attached hydrogen (secondary N) is 1. The lowest BCUT2D eigenvalue weighted by Gasteiger charge is -2.12. The van der Waals surface area contributed by atoms with Crippen LogP contribution >= 0.6 is 11.8 Å². The van der Waals surface area contributed by atoms with Gasteiger partial charge in [0.15, 0.2) is 0 Å². The molecule has 0 spiro atoms. The number of aliphatic hydroxyl groups excluding tert-OH is 1. The van der Waals surface area contributed by atoms with E-state index in [1.165, 1.54) is 0 Å². The molecule has 1 aliphatic heterocycles. The molecule has 18 heavy (non-hydrogen) atoms. The number of hydrogen-bond acceptors (Lipinski definition) is 6. The van der Waals surface area contributed by atoms with E-state index in [-0.39, 0.29) is 5.69 Å². The highest BCUT2D eigenvalue weighted by Crippen LogP contribution is 2.24. The summed E-state index contributed by atoms with van der Waals surface area (Å²) in [5.74, 6) is 0.263. The molecule has 1 atom stereocenters. The molecule has 6 heteroatoms. The van der Waals surface area contributed by atoms with Crippen LogP contribution in [0.15, 0.2) is 29.3 Å². The van der Waals surface area contributed by atoms with Crippen molar-refractivity contribution in [3.8, 4) is 0 Å². The van der Waals surface area contributed by atoms with Crippen molar-refractivity contribution in [2.45, 2.75) is 13.0 Å². The summed E-state index contributed by atoms with van der Waals surface area (Å²) >= 11 is 1.57. The standard InChI is InChI=1S/C12H14N2O3S/c1-2-17-12(16)9-5-3-4-8(14-9)11(15)10-6-18-7-13-10/h3-6,11,13,15H,2,7H2,1H3. The molecule has 1 aromatic rings. The molecule has 0 aromatic carbocycles. The lowest BCUT2D eigenvalue weighted by Crippen LogP contribution is -2.16. The van der Waals surface area contributed by atoms with E-state index in [9.17, 15) is 9.90 Å². The topological polar surface area (TPSA) is 71.5 Å². The fraction of sp³-hybridized carbons (Fsp3) is 0.333. The SMILES string of the molecule is CCOC(=O)c1cccc(C(O)C2=CSCN2)n1. The molecule has 96 valence electrons. The van der Waals surface area contributed by atoms with Gasteiger partial charge >= 0.3 is 5.97 Å². The van der Waals surface area contributed by atoms with Crippen LogP contribution < -0.4 is 5.32 Å². The van der Waals surface area contributed by atoms with E-state index >= 15 is 0 Å². The molecule has 2 rings (SSSR count). The van der Waals surface area contributed by atoms with Crippen LogP contribution in [0.25, 0.3) is 0 Å². The van der Waals surface area contributed by atoms with Crippen molar-refractivity contribution in [1.29, 1.82) is 0 Å². The molecule has 0 saturated heterocycles. The highest BCUT2D eigenvalue weighted by Gasteiger charge is 2.19. The maximum Gasteiger partial charge on any atom is 0.356 e.